The van der Waals surface area contributed by atoms with Crippen molar-refractivity contribution < 1.29 is 19.5 Å². The minimum atomic E-state index is -0.933. The summed E-state index contributed by atoms with van der Waals surface area (Å²) < 4.78 is 0. The van der Waals surface area contributed by atoms with E-state index in [4.69, 9.17) is 16.6 Å². The lowest BCUT2D eigenvalue weighted by atomic mass is 10.1. The number of rotatable bonds is 8. The maximum Gasteiger partial charge on any atom is 0.320 e. The highest BCUT2D eigenvalue weighted by molar-refractivity contribution is 5.89. The third-order valence-corrected chi connectivity index (χ3v) is 3.72. The van der Waals surface area contributed by atoms with E-state index in [1.165, 1.54) is 6.92 Å². The molecule has 1 atom stereocenters. The molecule has 0 spiro atoms. The van der Waals surface area contributed by atoms with Crippen molar-refractivity contribution in [3.8, 4) is 0 Å². The van der Waals surface area contributed by atoms with E-state index in [0.717, 1.165) is 24.8 Å². The van der Waals surface area contributed by atoms with Crippen LogP contribution in [0.3, 0.4) is 0 Å². The molecule has 0 saturated heterocycles. The molecule has 0 aliphatic carbocycles. The van der Waals surface area contributed by atoms with Crippen LogP contribution >= 0.6 is 0 Å². The summed E-state index contributed by atoms with van der Waals surface area (Å²) >= 11 is 0. The highest BCUT2D eigenvalue weighted by Crippen LogP contribution is 2.07. The number of nitrogens with one attached hydrogen (secondary N) is 2. The van der Waals surface area contributed by atoms with Crippen molar-refractivity contribution in [3.05, 3.63) is 60.2 Å². The Labute approximate surface area is 177 Å². The first-order chi connectivity index (χ1) is 14.3. The van der Waals surface area contributed by atoms with Gasteiger partial charge in [0.2, 0.25) is 5.91 Å². The smallest absolute Gasteiger partial charge is 0.320 e. The summed E-state index contributed by atoms with van der Waals surface area (Å²) in [6.45, 7) is 2.04. The number of carbonyl (C=O) groups excluding carboxylic acids is 2. The number of amides is 1. The lowest BCUT2D eigenvalue weighted by molar-refractivity contribution is -0.138. The number of hydrogen-bond acceptors (Lipinski definition) is 6. The fourth-order valence-corrected chi connectivity index (χ4v) is 2.09. The summed E-state index contributed by atoms with van der Waals surface area (Å²) in [6, 6.07) is 16.0. The van der Waals surface area contributed by atoms with Gasteiger partial charge >= 0.3 is 5.97 Å². The van der Waals surface area contributed by atoms with E-state index >= 15 is 0 Å². The summed E-state index contributed by atoms with van der Waals surface area (Å²) in [5.41, 5.74) is 12.9. The number of carboxylic acids is 1. The van der Waals surface area contributed by atoms with E-state index in [0.29, 0.717) is 24.2 Å². The molecule has 7 N–H and O–H groups in total. The van der Waals surface area contributed by atoms with Crippen LogP contribution in [0.5, 0.6) is 0 Å². The van der Waals surface area contributed by atoms with Crippen LogP contribution in [-0.4, -0.2) is 42.9 Å². The zero-order valence-corrected chi connectivity index (χ0v) is 17.5. The number of aliphatic carboxylic acids is 1. The SMILES string of the molecule is CC(=O)Nc1ccc(C=O)cc1.CNc1ccccc1.NCCCC[C@H](N)C(=O)O. The van der Waals surface area contributed by atoms with Gasteiger partial charge in [-0.3, -0.25) is 14.4 Å². The van der Waals surface area contributed by atoms with Gasteiger partial charge in [0.05, 0.1) is 0 Å². The van der Waals surface area contributed by atoms with Crippen LogP contribution in [0, 0.1) is 0 Å². The highest BCUT2D eigenvalue weighted by atomic mass is 16.4. The first-order valence-corrected chi connectivity index (χ1v) is 9.58. The maximum absolute atomic E-state index is 10.6. The van der Waals surface area contributed by atoms with Crippen molar-refractivity contribution in [2.24, 2.45) is 11.5 Å². The molecule has 8 heteroatoms. The van der Waals surface area contributed by atoms with Crippen LogP contribution in [-0.2, 0) is 9.59 Å². The van der Waals surface area contributed by atoms with Crippen LogP contribution in [0.1, 0.15) is 36.5 Å². The molecule has 1 amide bonds. The molecule has 8 nitrogen and oxygen atoms in total. The molecule has 2 aromatic carbocycles. The quantitative estimate of drug-likeness (QED) is 0.328. The van der Waals surface area contributed by atoms with Crippen LogP contribution in [0.4, 0.5) is 11.4 Å². The molecule has 2 rings (SSSR count). The molecule has 164 valence electrons. The summed E-state index contributed by atoms with van der Waals surface area (Å²) in [5, 5.41) is 14.0. The second kappa shape index (κ2) is 16.7. The van der Waals surface area contributed by atoms with Crippen molar-refractivity contribution in [1.82, 2.24) is 0 Å². The first-order valence-electron chi connectivity index (χ1n) is 9.58. The molecule has 30 heavy (non-hydrogen) atoms. The van der Waals surface area contributed by atoms with E-state index in [9.17, 15) is 14.4 Å². The summed E-state index contributed by atoms with van der Waals surface area (Å²) in [4.78, 5) is 31.0. The number of benzene rings is 2. The van der Waals surface area contributed by atoms with Crippen LogP contribution < -0.4 is 22.1 Å². The molecule has 0 fully saturated rings. The summed E-state index contributed by atoms with van der Waals surface area (Å²) in [6.07, 6.45) is 2.93. The van der Waals surface area contributed by atoms with Crippen molar-refractivity contribution in [2.75, 3.05) is 24.2 Å². The molecular formula is C22H32N4O4. The number of carboxylic acid groups (broad SMARTS) is 1. The molecule has 0 heterocycles. The van der Waals surface area contributed by atoms with Crippen molar-refractivity contribution in [1.29, 1.82) is 0 Å². The van der Waals surface area contributed by atoms with Gasteiger partial charge in [-0.25, -0.2) is 0 Å². The Balaban J connectivity index is 0.000000429. The third-order valence-electron chi connectivity index (χ3n) is 3.72. The summed E-state index contributed by atoms with van der Waals surface area (Å²) in [5.74, 6) is -1.05. The normalized spacial score (nSPS) is 10.3. The van der Waals surface area contributed by atoms with Crippen LogP contribution in [0.2, 0.25) is 0 Å². The van der Waals surface area contributed by atoms with E-state index in [1.54, 1.807) is 24.3 Å². The molecule has 0 aromatic heterocycles. The van der Waals surface area contributed by atoms with Crippen LogP contribution in [0.15, 0.2) is 54.6 Å². The Morgan fingerprint density at radius 3 is 2.03 bits per heavy atom. The monoisotopic (exact) mass is 416 g/mol. The van der Waals surface area contributed by atoms with E-state index in [-0.39, 0.29) is 5.91 Å². The van der Waals surface area contributed by atoms with Gasteiger partial charge < -0.3 is 27.2 Å². The Bertz CT molecular complexity index is 737. The average molecular weight is 417 g/mol. The fourth-order valence-electron chi connectivity index (χ4n) is 2.09. The Morgan fingerprint density at radius 1 is 1.03 bits per heavy atom. The van der Waals surface area contributed by atoms with E-state index < -0.39 is 12.0 Å². The maximum atomic E-state index is 10.6. The van der Waals surface area contributed by atoms with Gasteiger partial charge in [0, 0.05) is 30.9 Å². The number of aldehydes is 1. The molecular weight excluding hydrogens is 384 g/mol. The minimum absolute atomic E-state index is 0.117. The molecule has 2 aromatic rings. The standard InChI is InChI=1S/C9H9NO2.C7H9N.C6H14N2O2/c1-7(12)10-9-4-2-8(6-11)3-5-9;1-8-7-5-3-2-4-6-7;7-4-2-1-3-5(8)6(9)10/h2-6H,1H3,(H,10,12);2-6,8H,1H3;5H,1-4,7-8H2,(H,9,10)/t;;5-/m..0/s1. The van der Waals surface area contributed by atoms with E-state index in [2.05, 4.69) is 10.6 Å². The molecule has 0 bridgehead atoms. The van der Waals surface area contributed by atoms with Crippen molar-refractivity contribution in [2.45, 2.75) is 32.2 Å². The number of carbonyl (C=O) groups is 3. The Morgan fingerprint density at radius 2 is 1.63 bits per heavy atom. The third kappa shape index (κ3) is 13.9. The number of para-hydroxylation sites is 1. The van der Waals surface area contributed by atoms with Gasteiger partial charge in [-0.05, 0) is 55.8 Å². The summed E-state index contributed by atoms with van der Waals surface area (Å²) in [7, 11) is 1.91. The molecule has 0 unspecified atom stereocenters. The minimum Gasteiger partial charge on any atom is -0.480 e. The van der Waals surface area contributed by atoms with Gasteiger partial charge in [0.15, 0.2) is 0 Å². The zero-order chi connectivity index (χ0) is 22.8. The first kappa shape index (κ1) is 26.8. The van der Waals surface area contributed by atoms with Crippen molar-refractivity contribution >= 4 is 29.5 Å². The Kier molecular flexibility index (Phi) is 14.9. The number of nitrogens with two attached hydrogens (primary N) is 2. The van der Waals surface area contributed by atoms with Gasteiger partial charge in [0.1, 0.15) is 12.3 Å². The molecule has 0 saturated carbocycles. The number of hydrogen-bond donors (Lipinski definition) is 5. The second-order valence-corrected chi connectivity index (χ2v) is 6.27. The molecule has 0 radical (unpaired) electrons. The van der Waals surface area contributed by atoms with Crippen molar-refractivity contribution in [3.63, 3.8) is 0 Å². The van der Waals surface area contributed by atoms with Gasteiger partial charge in [-0.15, -0.1) is 0 Å². The van der Waals surface area contributed by atoms with Gasteiger partial charge in [-0.1, -0.05) is 24.6 Å². The van der Waals surface area contributed by atoms with Gasteiger partial charge in [-0.2, -0.15) is 0 Å². The largest absolute Gasteiger partial charge is 0.480 e. The number of anilines is 2. The Hall–Kier alpha value is -3.23. The predicted molar refractivity (Wildman–Crippen MR) is 121 cm³/mol. The fraction of sp³-hybridized carbons (Fsp3) is 0.318. The molecule has 0 aliphatic rings. The average Bonchev–Trinajstić information content (AvgIpc) is 2.75. The lowest BCUT2D eigenvalue weighted by Gasteiger charge is -2.03. The predicted octanol–water partition coefficient (Wildman–Crippen LogP) is 2.71. The number of unbranched alkanes of at least 4 members (excludes halogenated alkanes) is 1. The van der Waals surface area contributed by atoms with Crippen LogP contribution in [0.25, 0.3) is 0 Å². The zero-order valence-electron chi connectivity index (χ0n) is 17.5. The molecule has 0 aliphatic heterocycles. The van der Waals surface area contributed by atoms with Gasteiger partial charge in [0.25, 0.3) is 0 Å². The van der Waals surface area contributed by atoms with E-state index in [1.807, 2.05) is 37.4 Å². The topological polar surface area (TPSA) is 148 Å². The highest BCUT2D eigenvalue weighted by Gasteiger charge is 2.09. The second-order valence-electron chi connectivity index (χ2n) is 6.27. The lowest BCUT2D eigenvalue weighted by Crippen LogP contribution is -2.29.